The van der Waals surface area contributed by atoms with Crippen molar-refractivity contribution in [2.24, 2.45) is 0 Å². The second-order valence-corrected chi connectivity index (χ2v) is 8.08. The lowest BCUT2D eigenvalue weighted by molar-refractivity contribution is -0.120. The van der Waals surface area contributed by atoms with Crippen LogP contribution in [-0.4, -0.2) is 17.1 Å². The summed E-state index contributed by atoms with van der Waals surface area (Å²) >= 11 is 7.36. The number of thioether (sulfide) groups is 1. The maximum atomic E-state index is 12.7. The average Bonchev–Trinajstić information content (AvgIpc) is 2.70. The van der Waals surface area contributed by atoms with E-state index in [2.05, 4.69) is 10.6 Å². The number of halogens is 1. The van der Waals surface area contributed by atoms with Gasteiger partial charge in [-0.25, -0.2) is 0 Å². The van der Waals surface area contributed by atoms with E-state index in [0.717, 1.165) is 21.7 Å². The molecule has 0 bridgehead atoms. The molecule has 0 saturated carbocycles. The van der Waals surface area contributed by atoms with Crippen LogP contribution in [-0.2, 0) is 9.59 Å². The van der Waals surface area contributed by atoms with Gasteiger partial charge in [0.2, 0.25) is 11.8 Å². The molecule has 0 radical (unpaired) electrons. The van der Waals surface area contributed by atoms with Gasteiger partial charge in [-0.15, -0.1) is 11.8 Å². The predicted octanol–water partition coefficient (Wildman–Crippen LogP) is 5.45. The van der Waals surface area contributed by atoms with Gasteiger partial charge in [-0.3, -0.25) is 9.59 Å². The van der Waals surface area contributed by atoms with Crippen LogP contribution in [0.5, 0.6) is 0 Å². The first-order chi connectivity index (χ1) is 13.6. The first-order valence-corrected chi connectivity index (χ1v) is 10.1. The van der Waals surface area contributed by atoms with Gasteiger partial charge in [0.25, 0.3) is 0 Å². The van der Waals surface area contributed by atoms with E-state index in [1.807, 2.05) is 60.7 Å². The summed E-state index contributed by atoms with van der Waals surface area (Å²) in [6.45, 7) is 0. The molecule has 3 aromatic rings. The summed E-state index contributed by atoms with van der Waals surface area (Å²) in [4.78, 5) is 25.9. The summed E-state index contributed by atoms with van der Waals surface area (Å²) in [7, 11) is 0. The Labute approximate surface area is 172 Å². The number of nitrogens with one attached hydrogen (secondary N) is 2. The van der Waals surface area contributed by atoms with Crippen LogP contribution in [0.4, 0.5) is 11.4 Å². The molecule has 3 aromatic carbocycles. The van der Waals surface area contributed by atoms with Gasteiger partial charge in [0.05, 0.1) is 10.9 Å². The SMILES string of the molecule is O=C(CC1Sc2ccc(Cl)cc2NC1=O)Nc1ccccc1-c1ccccc1. The molecule has 140 valence electrons. The second kappa shape index (κ2) is 8.09. The van der Waals surface area contributed by atoms with E-state index >= 15 is 0 Å². The van der Waals surface area contributed by atoms with Crippen molar-refractivity contribution in [2.75, 3.05) is 10.6 Å². The quantitative estimate of drug-likeness (QED) is 0.603. The fraction of sp³-hybridized carbons (Fsp3) is 0.0909. The van der Waals surface area contributed by atoms with Crippen molar-refractivity contribution in [3.8, 4) is 11.1 Å². The van der Waals surface area contributed by atoms with Crippen molar-refractivity contribution in [3.05, 3.63) is 77.8 Å². The Morgan fingerprint density at radius 1 is 1.04 bits per heavy atom. The first-order valence-electron chi connectivity index (χ1n) is 8.81. The van der Waals surface area contributed by atoms with Crippen molar-refractivity contribution in [2.45, 2.75) is 16.6 Å². The highest BCUT2D eigenvalue weighted by molar-refractivity contribution is 8.01. The Morgan fingerprint density at radius 3 is 2.61 bits per heavy atom. The average molecular weight is 409 g/mol. The van der Waals surface area contributed by atoms with Crippen LogP contribution in [0.25, 0.3) is 11.1 Å². The van der Waals surface area contributed by atoms with E-state index in [9.17, 15) is 9.59 Å². The van der Waals surface area contributed by atoms with E-state index in [0.29, 0.717) is 10.7 Å². The number of rotatable bonds is 4. The van der Waals surface area contributed by atoms with Gasteiger partial charge < -0.3 is 10.6 Å². The summed E-state index contributed by atoms with van der Waals surface area (Å²) in [5.74, 6) is -0.389. The van der Waals surface area contributed by atoms with Gasteiger partial charge in [0.1, 0.15) is 0 Å². The lowest BCUT2D eigenvalue weighted by Crippen LogP contribution is -2.32. The third-order valence-electron chi connectivity index (χ3n) is 4.42. The number of fused-ring (bicyclic) bond motifs is 1. The van der Waals surface area contributed by atoms with Crippen molar-refractivity contribution in [1.82, 2.24) is 0 Å². The van der Waals surface area contributed by atoms with Crippen LogP contribution in [0, 0.1) is 0 Å². The Bertz CT molecular complexity index is 1040. The van der Waals surface area contributed by atoms with Crippen LogP contribution in [0.15, 0.2) is 77.7 Å². The number of carbonyl (C=O) groups is 2. The normalized spacial score (nSPS) is 15.5. The minimum Gasteiger partial charge on any atom is -0.325 e. The molecule has 1 aliphatic rings. The largest absolute Gasteiger partial charge is 0.325 e. The topological polar surface area (TPSA) is 58.2 Å². The molecule has 4 nitrogen and oxygen atoms in total. The van der Waals surface area contributed by atoms with Crippen molar-refractivity contribution in [3.63, 3.8) is 0 Å². The molecule has 0 saturated heterocycles. The minimum absolute atomic E-state index is 0.0850. The Morgan fingerprint density at radius 2 is 1.79 bits per heavy atom. The van der Waals surface area contributed by atoms with Gasteiger partial charge in [0.15, 0.2) is 0 Å². The number of hydrogen-bond acceptors (Lipinski definition) is 3. The van der Waals surface area contributed by atoms with Crippen LogP contribution in [0.3, 0.4) is 0 Å². The zero-order valence-electron chi connectivity index (χ0n) is 14.8. The molecule has 1 aliphatic heterocycles. The van der Waals surface area contributed by atoms with Crippen molar-refractivity contribution in [1.29, 1.82) is 0 Å². The number of hydrogen-bond donors (Lipinski definition) is 2. The summed E-state index contributed by atoms with van der Waals surface area (Å²) in [6.07, 6.45) is 0.0850. The zero-order chi connectivity index (χ0) is 19.5. The molecule has 0 aromatic heterocycles. The molecule has 4 rings (SSSR count). The Balaban J connectivity index is 1.49. The summed E-state index contributed by atoms with van der Waals surface area (Å²) < 4.78 is 0. The maximum absolute atomic E-state index is 12.7. The molecule has 0 aliphatic carbocycles. The number of anilines is 2. The van der Waals surface area contributed by atoms with Gasteiger partial charge in [-0.2, -0.15) is 0 Å². The molecule has 0 fully saturated rings. The number of benzene rings is 3. The molecule has 1 unspecified atom stereocenters. The van der Waals surface area contributed by atoms with E-state index in [1.54, 1.807) is 12.1 Å². The maximum Gasteiger partial charge on any atom is 0.238 e. The number of carbonyl (C=O) groups excluding carboxylic acids is 2. The van der Waals surface area contributed by atoms with Gasteiger partial charge in [0, 0.05) is 27.6 Å². The predicted molar refractivity (Wildman–Crippen MR) is 115 cm³/mol. The van der Waals surface area contributed by atoms with E-state index in [-0.39, 0.29) is 18.2 Å². The number of amides is 2. The van der Waals surface area contributed by atoms with Crippen LogP contribution in [0.1, 0.15) is 6.42 Å². The van der Waals surface area contributed by atoms with Gasteiger partial charge in [-0.1, -0.05) is 60.1 Å². The highest BCUT2D eigenvalue weighted by atomic mass is 35.5. The highest BCUT2D eigenvalue weighted by Crippen LogP contribution is 2.38. The molecular formula is C22H17ClN2O2S. The second-order valence-electron chi connectivity index (χ2n) is 6.40. The zero-order valence-corrected chi connectivity index (χ0v) is 16.4. The van der Waals surface area contributed by atoms with Crippen molar-refractivity contribution >= 4 is 46.6 Å². The Hall–Kier alpha value is -2.76. The van der Waals surface area contributed by atoms with Crippen LogP contribution < -0.4 is 10.6 Å². The minimum atomic E-state index is -0.488. The van der Waals surface area contributed by atoms with Gasteiger partial charge in [-0.05, 0) is 29.8 Å². The first kappa shape index (κ1) is 18.6. The molecule has 6 heteroatoms. The molecule has 1 atom stereocenters. The summed E-state index contributed by atoms with van der Waals surface area (Å²) in [5.41, 5.74) is 3.38. The van der Waals surface area contributed by atoms with E-state index in [1.165, 1.54) is 11.8 Å². The molecule has 2 amide bonds. The fourth-order valence-electron chi connectivity index (χ4n) is 3.09. The molecule has 2 N–H and O–H groups in total. The van der Waals surface area contributed by atoms with Crippen LogP contribution in [0.2, 0.25) is 5.02 Å². The smallest absolute Gasteiger partial charge is 0.238 e. The van der Waals surface area contributed by atoms with Crippen molar-refractivity contribution < 1.29 is 9.59 Å². The fourth-order valence-corrected chi connectivity index (χ4v) is 4.35. The van der Waals surface area contributed by atoms with Gasteiger partial charge >= 0.3 is 0 Å². The molecule has 28 heavy (non-hydrogen) atoms. The van der Waals surface area contributed by atoms with Crippen LogP contribution >= 0.6 is 23.4 Å². The summed E-state index contributed by atoms with van der Waals surface area (Å²) in [6, 6.07) is 22.9. The monoisotopic (exact) mass is 408 g/mol. The third kappa shape index (κ3) is 4.06. The highest BCUT2D eigenvalue weighted by Gasteiger charge is 2.29. The number of para-hydroxylation sites is 1. The third-order valence-corrected chi connectivity index (χ3v) is 5.93. The lowest BCUT2D eigenvalue weighted by Gasteiger charge is -2.24. The Kier molecular flexibility index (Phi) is 5.37. The standard InChI is InChI=1S/C22H17ClN2O2S/c23-15-10-11-19-18(12-15)25-22(27)20(28-19)13-21(26)24-17-9-5-4-8-16(17)14-6-2-1-3-7-14/h1-12,20H,13H2,(H,24,26)(H,25,27). The summed E-state index contributed by atoms with van der Waals surface area (Å²) in [5, 5.41) is 5.86. The molecular weight excluding hydrogens is 392 g/mol. The molecule has 0 spiro atoms. The molecule has 1 heterocycles. The van der Waals surface area contributed by atoms with E-state index < -0.39 is 5.25 Å². The van der Waals surface area contributed by atoms with E-state index in [4.69, 9.17) is 11.6 Å². The lowest BCUT2D eigenvalue weighted by atomic mass is 10.0.